The second-order valence-corrected chi connectivity index (χ2v) is 6.40. The van der Waals surface area contributed by atoms with Crippen molar-refractivity contribution >= 4 is 22.4 Å². The number of hydrogen-bond donors (Lipinski definition) is 0. The first-order chi connectivity index (χ1) is 12.2. The molecule has 4 nitrogen and oxygen atoms in total. The molecule has 3 rings (SSSR count). The normalized spacial score (nSPS) is 10.5. The van der Waals surface area contributed by atoms with Gasteiger partial charge in [0.25, 0.3) is 0 Å². The van der Waals surface area contributed by atoms with Gasteiger partial charge in [0.2, 0.25) is 5.91 Å². The van der Waals surface area contributed by atoms with Gasteiger partial charge in [-0.05, 0) is 29.8 Å². The van der Waals surface area contributed by atoms with Crippen molar-refractivity contribution in [3.05, 3.63) is 65.5 Å². The first-order valence-electron chi connectivity index (χ1n) is 8.15. The third kappa shape index (κ3) is 4.06. The number of ether oxygens (including phenoxy) is 1. The highest BCUT2D eigenvalue weighted by Crippen LogP contribution is 2.29. The molecule has 0 atom stereocenters. The molecule has 2 aromatic carbocycles. The Kier molecular flexibility index (Phi) is 5.46. The van der Waals surface area contributed by atoms with E-state index in [0.29, 0.717) is 13.0 Å². The molecule has 128 valence electrons. The van der Waals surface area contributed by atoms with E-state index in [0.717, 1.165) is 27.7 Å². The molecule has 0 fully saturated rings. The number of hydrogen-bond acceptors (Lipinski definition) is 4. The molecule has 0 aliphatic rings. The second-order valence-electron chi connectivity index (χ2n) is 5.56. The number of nitrogens with zero attached hydrogens (tertiary/aromatic N) is 2. The average molecular weight is 352 g/mol. The van der Waals surface area contributed by atoms with Gasteiger partial charge in [0.15, 0.2) is 5.13 Å². The molecule has 0 spiro atoms. The van der Waals surface area contributed by atoms with E-state index in [1.54, 1.807) is 12.0 Å². The molecule has 0 saturated heterocycles. The zero-order chi connectivity index (χ0) is 17.6. The zero-order valence-electron chi connectivity index (χ0n) is 14.3. The van der Waals surface area contributed by atoms with Crippen LogP contribution in [0, 0.1) is 0 Å². The van der Waals surface area contributed by atoms with E-state index in [1.165, 1.54) is 11.3 Å². The van der Waals surface area contributed by atoms with Crippen LogP contribution in [0.15, 0.2) is 60.0 Å². The number of rotatable bonds is 6. The first kappa shape index (κ1) is 17.2. The Labute approximate surface area is 151 Å². The number of carbonyl (C=O) groups is 1. The number of anilines is 1. The van der Waals surface area contributed by atoms with Gasteiger partial charge in [-0.25, -0.2) is 4.98 Å². The van der Waals surface area contributed by atoms with Gasteiger partial charge in [0.1, 0.15) is 5.75 Å². The summed E-state index contributed by atoms with van der Waals surface area (Å²) >= 11 is 1.49. The van der Waals surface area contributed by atoms with Crippen LogP contribution in [0.25, 0.3) is 11.3 Å². The topological polar surface area (TPSA) is 42.4 Å². The van der Waals surface area contributed by atoms with Crippen LogP contribution in [0.4, 0.5) is 5.13 Å². The van der Waals surface area contributed by atoms with Crippen molar-refractivity contribution in [3.63, 3.8) is 0 Å². The lowest BCUT2D eigenvalue weighted by molar-refractivity contribution is -0.118. The molecule has 1 aromatic heterocycles. The maximum Gasteiger partial charge on any atom is 0.228 e. The van der Waals surface area contributed by atoms with Crippen LogP contribution in [-0.2, 0) is 11.3 Å². The van der Waals surface area contributed by atoms with E-state index in [9.17, 15) is 4.79 Å². The van der Waals surface area contributed by atoms with Crippen LogP contribution in [0.5, 0.6) is 5.75 Å². The summed E-state index contributed by atoms with van der Waals surface area (Å²) in [6.07, 6.45) is 0.449. The van der Waals surface area contributed by atoms with Gasteiger partial charge in [0.05, 0.1) is 19.3 Å². The quantitative estimate of drug-likeness (QED) is 0.642. The number of aromatic nitrogens is 1. The van der Waals surface area contributed by atoms with E-state index in [1.807, 2.05) is 66.9 Å². The van der Waals surface area contributed by atoms with Gasteiger partial charge in [-0.1, -0.05) is 37.3 Å². The lowest BCUT2D eigenvalue weighted by Gasteiger charge is -2.19. The molecular weight excluding hydrogens is 332 g/mol. The Morgan fingerprint density at radius 1 is 1.12 bits per heavy atom. The smallest absolute Gasteiger partial charge is 0.228 e. The number of thiazole rings is 1. The largest absolute Gasteiger partial charge is 0.497 e. The molecule has 0 bridgehead atoms. The van der Waals surface area contributed by atoms with Crippen molar-refractivity contribution in [3.8, 4) is 17.0 Å². The van der Waals surface area contributed by atoms with Crippen LogP contribution in [-0.4, -0.2) is 18.0 Å². The Hall–Kier alpha value is -2.66. The minimum Gasteiger partial charge on any atom is -0.497 e. The highest BCUT2D eigenvalue weighted by atomic mass is 32.1. The van der Waals surface area contributed by atoms with Gasteiger partial charge in [-0.2, -0.15) is 0 Å². The minimum absolute atomic E-state index is 0.0690. The van der Waals surface area contributed by atoms with Crippen LogP contribution >= 0.6 is 11.3 Å². The van der Waals surface area contributed by atoms with Crippen molar-refractivity contribution in [1.29, 1.82) is 0 Å². The molecule has 0 radical (unpaired) electrons. The Balaban J connectivity index is 1.86. The minimum atomic E-state index is 0.0690. The van der Waals surface area contributed by atoms with E-state index in [-0.39, 0.29) is 5.91 Å². The molecule has 0 aliphatic carbocycles. The lowest BCUT2D eigenvalue weighted by Crippen LogP contribution is -2.29. The standard InChI is InChI=1S/C20H20N2O2S/c1-3-19(23)22(13-15-7-5-4-6-8-15)20-21-18(14-25-20)16-9-11-17(24-2)12-10-16/h4-12,14H,3,13H2,1-2H3. The van der Waals surface area contributed by atoms with Gasteiger partial charge in [0, 0.05) is 17.4 Å². The predicted molar refractivity (Wildman–Crippen MR) is 102 cm³/mol. The molecule has 1 heterocycles. The fraction of sp³-hybridized carbons (Fsp3) is 0.200. The van der Waals surface area contributed by atoms with E-state index >= 15 is 0 Å². The Bertz CT molecular complexity index is 828. The number of methoxy groups -OCH3 is 1. The van der Waals surface area contributed by atoms with Crippen LogP contribution < -0.4 is 9.64 Å². The van der Waals surface area contributed by atoms with Crippen LogP contribution in [0.3, 0.4) is 0 Å². The third-order valence-corrected chi connectivity index (χ3v) is 4.76. The van der Waals surface area contributed by atoms with Crippen molar-refractivity contribution < 1.29 is 9.53 Å². The highest BCUT2D eigenvalue weighted by molar-refractivity contribution is 7.14. The molecule has 3 aromatic rings. The molecule has 1 amide bonds. The second kappa shape index (κ2) is 7.94. The van der Waals surface area contributed by atoms with Crippen molar-refractivity contribution in [2.75, 3.05) is 12.0 Å². The highest BCUT2D eigenvalue weighted by Gasteiger charge is 2.18. The van der Waals surface area contributed by atoms with Crippen LogP contribution in [0.1, 0.15) is 18.9 Å². The summed E-state index contributed by atoms with van der Waals surface area (Å²) in [5, 5.41) is 2.71. The first-order valence-corrected chi connectivity index (χ1v) is 9.03. The van der Waals surface area contributed by atoms with E-state index in [2.05, 4.69) is 4.98 Å². The zero-order valence-corrected chi connectivity index (χ0v) is 15.1. The summed E-state index contributed by atoms with van der Waals surface area (Å²) in [4.78, 5) is 18.9. The van der Waals surface area contributed by atoms with Crippen molar-refractivity contribution in [1.82, 2.24) is 4.98 Å². The molecule has 5 heteroatoms. The summed E-state index contributed by atoms with van der Waals surface area (Å²) in [7, 11) is 1.65. The number of benzene rings is 2. The third-order valence-electron chi connectivity index (χ3n) is 3.90. The van der Waals surface area contributed by atoms with E-state index in [4.69, 9.17) is 4.74 Å². The molecule has 0 saturated carbocycles. The Morgan fingerprint density at radius 2 is 1.84 bits per heavy atom. The fourth-order valence-corrected chi connectivity index (χ4v) is 3.35. The molecule has 0 unspecified atom stereocenters. The van der Waals surface area contributed by atoms with Gasteiger partial charge < -0.3 is 4.74 Å². The molecule has 25 heavy (non-hydrogen) atoms. The summed E-state index contributed by atoms with van der Waals surface area (Å²) in [5.41, 5.74) is 2.96. The van der Waals surface area contributed by atoms with E-state index < -0.39 is 0 Å². The maximum absolute atomic E-state index is 12.4. The number of carbonyl (C=O) groups excluding carboxylic acids is 1. The van der Waals surface area contributed by atoms with Gasteiger partial charge in [-0.3, -0.25) is 9.69 Å². The predicted octanol–water partition coefficient (Wildman–Crippen LogP) is 4.76. The van der Waals surface area contributed by atoms with Gasteiger partial charge >= 0.3 is 0 Å². The maximum atomic E-state index is 12.4. The number of amides is 1. The average Bonchev–Trinajstić information content (AvgIpc) is 3.16. The van der Waals surface area contributed by atoms with Gasteiger partial charge in [-0.15, -0.1) is 11.3 Å². The fourth-order valence-electron chi connectivity index (χ4n) is 2.50. The Morgan fingerprint density at radius 3 is 2.48 bits per heavy atom. The summed E-state index contributed by atoms with van der Waals surface area (Å²) in [6.45, 7) is 2.40. The summed E-state index contributed by atoms with van der Waals surface area (Å²) in [6, 6.07) is 17.7. The lowest BCUT2D eigenvalue weighted by atomic mass is 10.2. The molecule has 0 aliphatic heterocycles. The molecule has 0 N–H and O–H groups in total. The van der Waals surface area contributed by atoms with Crippen molar-refractivity contribution in [2.24, 2.45) is 0 Å². The summed E-state index contributed by atoms with van der Waals surface area (Å²) in [5.74, 6) is 0.880. The SMILES string of the molecule is CCC(=O)N(Cc1ccccc1)c1nc(-c2ccc(OC)cc2)cs1. The molecular formula is C20H20N2O2S. The van der Waals surface area contributed by atoms with Crippen LogP contribution in [0.2, 0.25) is 0 Å². The monoisotopic (exact) mass is 352 g/mol. The summed E-state index contributed by atoms with van der Waals surface area (Å²) < 4.78 is 5.19. The van der Waals surface area contributed by atoms with Crippen molar-refractivity contribution in [2.45, 2.75) is 19.9 Å².